The molecule has 0 fully saturated rings. The SMILES string of the molecule is Cc1nn2c(Cl)cc(Cl)nc2c1-c1ccccc1F. The summed E-state index contributed by atoms with van der Waals surface area (Å²) in [5.41, 5.74) is 2.12. The molecule has 3 nitrogen and oxygen atoms in total. The minimum atomic E-state index is -0.335. The lowest BCUT2D eigenvalue weighted by Crippen LogP contribution is -1.93. The van der Waals surface area contributed by atoms with E-state index < -0.39 is 0 Å². The Morgan fingerprint density at radius 2 is 1.95 bits per heavy atom. The maximum absolute atomic E-state index is 13.9. The third-order valence-electron chi connectivity index (χ3n) is 2.83. The molecule has 0 saturated heterocycles. The quantitative estimate of drug-likeness (QED) is 0.631. The monoisotopic (exact) mass is 295 g/mol. The maximum Gasteiger partial charge on any atom is 0.166 e. The zero-order valence-corrected chi connectivity index (χ0v) is 11.4. The van der Waals surface area contributed by atoms with Crippen LogP contribution in [0.5, 0.6) is 0 Å². The molecule has 3 rings (SSSR count). The molecule has 2 aromatic heterocycles. The Morgan fingerprint density at radius 3 is 2.68 bits per heavy atom. The Bertz CT molecular complexity index is 783. The molecule has 0 bridgehead atoms. The van der Waals surface area contributed by atoms with Crippen LogP contribution < -0.4 is 0 Å². The number of nitrogens with zero attached hydrogens (tertiary/aromatic N) is 3. The van der Waals surface area contributed by atoms with Gasteiger partial charge in [0.2, 0.25) is 0 Å². The van der Waals surface area contributed by atoms with Gasteiger partial charge in [-0.25, -0.2) is 13.9 Å². The van der Waals surface area contributed by atoms with Crippen LogP contribution in [0.25, 0.3) is 16.8 Å². The molecular formula is C13H8Cl2FN3. The van der Waals surface area contributed by atoms with Gasteiger partial charge in [-0.2, -0.15) is 5.10 Å². The first kappa shape index (κ1) is 12.4. The third kappa shape index (κ3) is 1.97. The summed E-state index contributed by atoms with van der Waals surface area (Å²) in [6.45, 7) is 1.78. The number of rotatable bonds is 1. The van der Waals surface area contributed by atoms with Crippen LogP contribution >= 0.6 is 23.2 Å². The Labute approximate surface area is 118 Å². The summed E-state index contributed by atoms with van der Waals surface area (Å²) in [5.74, 6) is -0.335. The number of benzene rings is 1. The van der Waals surface area contributed by atoms with Crippen LogP contribution in [0.4, 0.5) is 4.39 Å². The number of aromatic nitrogens is 3. The van der Waals surface area contributed by atoms with Crippen LogP contribution in [0.2, 0.25) is 10.3 Å². The fourth-order valence-electron chi connectivity index (χ4n) is 2.04. The fraction of sp³-hybridized carbons (Fsp3) is 0.0769. The first-order valence-corrected chi connectivity index (χ1v) is 6.30. The molecule has 0 spiro atoms. The summed E-state index contributed by atoms with van der Waals surface area (Å²) in [4.78, 5) is 4.19. The highest BCUT2D eigenvalue weighted by molar-refractivity contribution is 6.33. The third-order valence-corrected chi connectivity index (χ3v) is 3.30. The van der Waals surface area contributed by atoms with Crippen LogP contribution in [0, 0.1) is 12.7 Å². The molecule has 0 unspecified atom stereocenters. The molecule has 0 aliphatic heterocycles. The van der Waals surface area contributed by atoms with Gasteiger partial charge in [-0.15, -0.1) is 0 Å². The first-order valence-electron chi connectivity index (χ1n) is 5.54. The van der Waals surface area contributed by atoms with Gasteiger partial charge in [0.15, 0.2) is 5.65 Å². The first-order chi connectivity index (χ1) is 9.08. The van der Waals surface area contributed by atoms with E-state index in [1.165, 1.54) is 16.6 Å². The van der Waals surface area contributed by atoms with Crippen molar-refractivity contribution in [2.75, 3.05) is 0 Å². The van der Waals surface area contributed by atoms with E-state index in [2.05, 4.69) is 10.1 Å². The predicted molar refractivity (Wildman–Crippen MR) is 73.1 cm³/mol. The summed E-state index contributed by atoms with van der Waals surface area (Å²) in [5, 5.41) is 4.85. The molecule has 0 saturated carbocycles. The van der Waals surface area contributed by atoms with Gasteiger partial charge in [0, 0.05) is 11.6 Å². The molecule has 3 aromatic rings. The summed E-state index contributed by atoms with van der Waals surface area (Å²) >= 11 is 12.0. The van der Waals surface area contributed by atoms with Gasteiger partial charge >= 0.3 is 0 Å². The van der Waals surface area contributed by atoms with E-state index in [4.69, 9.17) is 23.2 Å². The largest absolute Gasteiger partial charge is 0.216 e. The van der Waals surface area contributed by atoms with E-state index in [0.717, 1.165) is 0 Å². The average Bonchev–Trinajstić information content (AvgIpc) is 2.67. The van der Waals surface area contributed by atoms with Crippen LogP contribution in [0.3, 0.4) is 0 Å². The van der Waals surface area contributed by atoms with Crippen LogP contribution in [-0.4, -0.2) is 14.6 Å². The number of fused-ring (bicyclic) bond motifs is 1. The Hall–Kier alpha value is -1.65. The Morgan fingerprint density at radius 1 is 1.21 bits per heavy atom. The summed E-state index contributed by atoms with van der Waals surface area (Å²) < 4.78 is 15.4. The van der Waals surface area contributed by atoms with Gasteiger partial charge < -0.3 is 0 Å². The molecule has 0 N–H and O–H groups in total. The molecule has 2 heterocycles. The molecule has 1 aromatic carbocycles. The lowest BCUT2D eigenvalue weighted by Gasteiger charge is -2.02. The highest BCUT2D eigenvalue weighted by Crippen LogP contribution is 2.31. The summed E-state index contributed by atoms with van der Waals surface area (Å²) in [6.07, 6.45) is 0. The number of hydrogen-bond acceptors (Lipinski definition) is 2. The van der Waals surface area contributed by atoms with Crippen molar-refractivity contribution in [2.45, 2.75) is 6.92 Å². The van der Waals surface area contributed by atoms with Crippen molar-refractivity contribution in [2.24, 2.45) is 0 Å². The van der Waals surface area contributed by atoms with Crippen molar-refractivity contribution in [3.8, 4) is 11.1 Å². The normalized spacial score (nSPS) is 11.2. The molecule has 0 aliphatic rings. The van der Waals surface area contributed by atoms with E-state index in [9.17, 15) is 4.39 Å². The highest BCUT2D eigenvalue weighted by Gasteiger charge is 2.17. The molecule has 96 valence electrons. The van der Waals surface area contributed by atoms with Gasteiger partial charge in [-0.3, -0.25) is 0 Å². The summed E-state index contributed by atoms with van der Waals surface area (Å²) in [6, 6.07) is 7.95. The van der Waals surface area contributed by atoms with Gasteiger partial charge in [-0.05, 0) is 13.0 Å². The van der Waals surface area contributed by atoms with Crippen LogP contribution in [-0.2, 0) is 0 Å². The second-order valence-corrected chi connectivity index (χ2v) is 4.85. The van der Waals surface area contributed by atoms with Crippen molar-refractivity contribution in [3.05, 3.63) is 52.1 Å². The molecule has 19 heavy (non-hydrogen) atoms. The maximum atomic E-state index is 13.9. The van der Waals surface area contributed by atoms with E-state index >= 15 is 0 Å². The smallest absolute Gasteiger partial charge is 0.166 e. The topological polar surface area (TPSA) is 30.2 Å². The van der Waals surface area contributed by atoms with E-state index in [0.29, 0.717) is 27.6 Å². The Balaban J connectivity index is 2.42. The number of aryl methyl sites for hydroxylation is 1. The van der Waals surface area contributed by atoms with Crippen molar-refractivity contribution in [1.29, 1.82) is 0 Å². The van der Waals surface area contributed by atoms with Crippen LogP contribution in [0.15, 0.2) is 30.3 Å². The van der Waals surface area contributed by atoms with E-state index in [1.54, 1.807) is 25.1 Å². The molecule has 6 heteroatoms. The van der Waals surface area contributed by atoms with E-state index in [-0.39, 0.29) is 11.0 Å². The van der Waals surface area contributed by atoms with Gasteiger partial charge in [0.25, 0.3) is 0 Å². The zero-order chi connectivity index (χ0) is 13.6. The molecule has 0 atom stereocenters. The fourth-order valence-corrected chi connectivity index (χ4v) is 2.50. The van der Waals surface area contributed by atoms with Gasteiger partial charge in [0.1, 0.15) is 16.1 Å². The minimum absolute atomic E-state index is 0.245. The minimum Gasteiger partial charge on any atom is -0.216 e. The molecular weight excluding hydrogens is 288 g/mol. The number of halogens is 3. The van der Waals surface area contributed by atoms with Crippen molar-refractivity contribution in [1.82, 2.24) is 14.6 Å². The van der Waals surface area contributed by atoms with Gasteiger partial charge in [0.05, 0.1) is 11.3 Å². The molecule has 0 aliphatic carbocycles. The van der Waals surface area contributed by atoms with Crippen molar-refractivity contribution >= 4 is 28.8 Å². The molecule has 0 radical (unpaired) electrons. The average molecular weight is 296 g/mol. The lowest BCUT2D eigenvalue weighted by molar-refractivity contribution is 0.631. The highest BCUT2D eigenvalue weighted by atomic mass is 35.5. The standard InChI is InChI=1S/C13H8Cl2FN3/c1-7-12(8-4-2-3-5-9(8)16)13-17-10(14)6-11(15)19(13)18-7/h2-6H,1H3. The van der Waals surface area contributed by atoms with Crippen LogP contribution in [0.1, 0.15) is 5.69 Å². The second kappa shape index (κ2) is 4.47. The second-order valence-electron chi connectivity index (χ2n) is 4.08. The van der Waals surface area contributed by atoms with Crippen molar-refractivity contribution in [3.63, 3.8) is 0 Å². The number of hydrogen-bond donors (Lipinski definition) is 0. The predicted octanol–water partition coefficient (Wildman–Crippen LogP) is 4.15. The van der Waals surface area contributed by atoms with E-state index in [1.807, 2.05) is 0 Å². The lowest BCUT2D eigenvalue weighted by atomic mass is 10.1. The molecule has 0 amide bonds. The van der Waals surface area contributed by atoms with Crippen molar-refractivity contribution < 1.29 is 4.39 Å². The van der Waals surface area contributed by atoms with Gasteiger partial charge in [-0.1, -0.05) is 41.4 Å². The summed E-state index contributed by atoms with van der Waals surface area (Å²) in [7, 11) is 0. The zero-order valence-electron chi connectivity index (χ0n) is 9.86. The Kier molecular flexibility index (Phi) is 2.92.